The number of ether oxygens (including phenoxy) is 6. The first-order chi connectivity index (χ1) is 29.4. The number of amides is 2. The average Bonchev–Trinajstić information content (AvgIpc) is 3.92. The number of hydrogen-bond acceptors (Lipinski definition) is 15. The van der Waals surface area contributed by atoms with Gasteiger partial charge in [0, 0.05) is 37.8 Å². The summed E-state index contributed by atoms with van der Waals surface area (Å²) in [6, 6.07) is 12.9. The number of nitrogens with one attached hydrogen (secondary N) is 1. The van der Waals surface area contributed by atoms with E-state index in [1.165, 1.54) is 29.2 Å². The number of esters is 4. The Balaban J connectivity index is 1.16. The summed E-state index contributed by atoms with van der Waals surface area (Å²) in [4.78, 5) is 89.7. The monoisotopic (exact) mass is 861 g/mol. The van der Waals surface area contributed by atoms with Crippen LogP contribution in [0.5, 0.6) is 0 Å². The second-order valence-electron chi connectivity index (χ2n) is 18.2. The lowest BCUT2D eigenvalue weighted by Gasteiger charge is -2.50. The zero-order chi connectivity index (χ0) is 44.6. The number of nitrogens with zero attached hydrogens (tertiary/aromatic N) is 2. The van der Waals surface area contributed by atoms with E-state index in [-0.39, 0.29) is 45.6 Å². The molecule has 7 rings (SSSR count). The summed E-state index contributed by atoms with van der Waals surface area (Å²) >= 11 is 0. The lowest BCUT2D eigenvalue weighted by atomic mass is 9.62. The molecule has 2 bridgehead atoms. The number of fused-ring (bicyclic) bond motifs is 4. The molecule has 9 unspecified atom stereocenters. The van der Waals surface area contributed by atoms with Crippen molar-refractivity contribution in [1.82, 2.24) is 15.3 Å². The van der Waals surface area contributed by atoms with Crippen LogP contribution in [0.1, 0.15) is 70.6 Å². The summed E-state index contributed by atoms with van der Waals surface area (Å²) in [7, 11) is 1.50. The molecule has 4 heterocycles. The van der Waals surface area contributed by atoms with Crippen molar-refractivity contribution in [3.8, 4) is 0 Å². The fraction of sp³-hybridized carbons (Fsp3) is 0.556. The molecule has 9 atom stereocenters. The van der Waals surface area contributed by atoms with Gasteiger partial charge in [-0.3, -0.25) is 24.0 Å². The highest BCUT2D eigenvalue weighted by atomic mass is 16.8. The molecular weight excluding hydrogens is 807 g/mol. The van der Waals surface area contributed by atoms with E-state index >= 15 is 4.79 Å². The molecule has 1 saturated carbocycles. The largest absolute Gasteiger partial charge is 0.462 e. The highest BCUT2D eigenvalue weighted by Gasteiger charge is 2.75. The van der Waals surface area contributed by atoms with Crippen LogP contribution in [-0.2, 0) is 75.0 Å². The van der Waals surface area contributed by atoms with Crippen molar-refractivity contribution in [2.45, 2.75) is 121 Å². The molecule has 2 aromatic rings. The zero-order valence-corrected chi connectivity index (χ0v) is 35.8. The third kappa shape index (κ3) is 9.13. The first-order valence-electron chi connectivity index (χ1n) is 20.9. The maximum absolute atomic E-state index is 15.4. The Bertz CT molecular complexity index is 2070. The molecular formula is C45H55N3O14. The standard InChI is InChI=1S/C45H55N3O14/c1-43(2,3)61-33(51)19-17-29(23-49)46-39(52)30(20-26-12-8-7-9-13-26)47(6)42(55)45-21-31-34-35(58-25-57-34)37(45)62-48(36(45)40(53)59-31)22-28-15-11-10-14-27(28)16-18-32(50)60-38-41(54)56-24-44(38,4)5/h7-16,18,29-31,34-38,49H,17,19-25H2,1-6H3,(H,46,52). The van der Waals surface area contributed by atoms with E-state index in [0.29, 0.717) is 11.1 Å². The van der Waals surface area contributed by atoms with Crippen molar-refractivity contribution >= 4 is 41.8 Å². The van der Waals surface area contributed by atoms with Gasteiger partial charge in [-0.15, -0.1) is 0 Å². The molecule has 0 aromatic heterocycles. The molecule has 2 aromatic carbocycles. The van der Waals surface area contributed by atoms with Gasteiger partial charge in [0.05, 0.1) is 19.2 Å². The molecule has 17 nitrogen and oxygen atoms in total. The number of carbonyl (C=O) groups is 6. The van der Waals surface area contributed by atoms with Crippen LogP contribution < -0.4 is 5.32 Å². The summed E-state index contributed by atoms with van der Waals surface area (Å²) in [6.45, 7) is 8.27. The van der Waals surface area contributed by atoms with Crippen LogP contribution in [0.3, 0.4) is 0 Å². The van der Waals surface area contributed by atoms with Crippen molar-refractivity contribution in [3.63, 3.8) is 0 Å². The molecule has 4 aliphatic heterocycles. The van der Waals surface area contributed by atoms with Gasteiger partial charge in [-0.05, 0) is 50.0 Å². The number of hydroxylamine groups is 2. The van der Waals surface area contributed by atoms with E-state index in [1.807, 2.05) is 30.3 Å². The maximum atomic E-state index is 15.4. The molecule has 17 heteroatoms. The van der Waals surface area contributed by atoms with Crippen LogP contribution in [-0.4, -0.2) is 132 Å². The molecule has 2 N–H and O–H groups in total. The van der Waals surface area contributed by atoms with Crippen LogP contribution in [0.4, 0.5) is 0 Å². The van der Waals surface area contributed by atoms with Gasteiger partial charge in [-0.25, -0.2) is 9.59 Å². The molecule has 0 radical (unpaired) electrons. The van der Waals surface area contributed by atoms with Crippen LogP contribution >= 0.6 is 0 Å². The van der Waals surface area contributed by atoms with Gasteiger partial charge >= 0.3 is 23.9 Å². The number of aliphatic hydroxyl groups is 1. The Kier molecular flexibility index (Phi) is 12.9. The molecule has 1 aliphatic carbocycles. The Labute approximate surface area is 359 Å². The third-order valence-corrected chi connectivity index (χ3v) is 12.0. The summed E-state index contributed by atoms with van der Waals surface area (Å²) in [5.74, 6) is -3.69. The molecule has 2 amide bonds. The lowest BCUT2D eigenvalue weighted by molar-refractivity contribution is -0.204. The smallest absolute Gasteiger partial charge is 0.348 e. The number of hydrogen-bond donors (Lipinski definition) is 2. The second-order valence-corrected chi connectivity index (χ2v) is 18.2. The van der Waals surface area contributed by atoms with Gasteiger partial charge < -0.3 is 43.7 Å². The maximum Gasteiger partial charge on any atom is 0.348 e. The third-order valence-electron chi connectivity index (χ3n) is 12.0. The molecule has 62 heavy (non-hydrogen) atoms. The minimum Gasteiger partial charge on any atom is -0.462 e. The van der Waals surface area contributed by atoms with E-state index in [0.717, 1.165) is 5.56 Å². The van der Waals surface area contributed by atoms with E-state index in [4.69, 9.17) is 33.3 Å². The summed E-state index contributed by atoms with van der Waals surface area (Å²) in [5, 5.41) is 14.5. The normalized spacial score (nSPS) is 28.4. The second kappa shape index (κ2) is 17.9. The van der Waals surface area contributed by atoms with E-state index in [2.05, 4.69) is 5.32 Å². The van der Waals surface area contributed by atoms with Gasteiger partial charge in [0.1, 0.15) is 54.9 Å². The predicted molar refractivity (Wildman–Crippen MR) is 217 cm³/mol. The molecule has 5 aliphatic rings. The summed E-state index contributed by atoms with van der Waals surface area (Å²) < 4.78 is 33.9. The van der Waals surface area contributed by atoms with Crippen molar-refractivity contribution < 1.29 is 67.1 Å². The number of rotatable bonds is 15. The van der Waals surface area contributed by atoms with Gasteiger partial charge in [-0.2, -0.15) is 5.06 Å². The van der Waals surface area contributed by atoms with Crippen LogP contribution in [0.2, 0.25) is 0 Å². The minimum atomic E-state index is -1.61. The van der Waals surface area contributed by atoms with Crippen molar-refractivity contribution in [1.29, 1.82) is 0 Å². The zero-order valence-electron chi connectivity index (χ0n) is 35.8. The first-order valence-corrected chi connectivity index (χ1v) is 20.9. The van der Waals surface area contributed by atoms with Crippen LogP contribution in [0.15, 0.2) is 60.7 Å². The van der Waals surface area contributed by atoms with Gasteiger partial charge in [0.2, 0.25) is 17.9 Å². The number of carbonyl (C=O) groups excluding carboxylic acids is 6. The SMILES string of the molecule is CN(C(=O)C12CC3OC(=O)C1N(Cc1ccccc1C=CC(=O)OC1C(=O)OCC1(C)C)OC2C1OCOC31)C(Cc1ccccc1)C(=O)NC(CO)CCC(=O)OC(C)(C)C. The number of aliphatic hydroxyl groups excluding tert-OH is 1. The topological polar surface area (TPSA) is 206 Å². The van der Waals surface area contributed by atoms with E-state index < -0.39 is 107 Å². The van der Waals surface area contributed by atoms with Crippen LogP contribution in [0.25, 0.3) is 6.08 Å². The number of cyclic esters (lactones) is 1. The molecule has 334 valence electrons. The molecule has 0 spiro atoms. The Morgan fingerprint density at radius 2 is 1.73 bits per heavy atom. The predicted octanol–water partition coefficient (Wildman–Crippen LogP) is 2.40. The Hall–Kier alpha value is -5.20. The molecule has 5 fully saturated rings. The average molecular weight is 862 g/mol. The lowest BCUT2D eigenvalue weighted by Crippen LogP contribution is -2.70. The van der Waals surface area contributed by atoms with Crippen LogP contribution in [0, 0.1) is 10.8 Å². The fourth-order valence-corrected chi connectivity index (χ4v) is 8.97. The summed E-state index contributed by atoms with van der Waals surface area (Å²) in [6.07, 6.45) is -1.61. The fourth-order valence-electron chi connectivity index (χ4n) is 8.97. The quantitative estimate of drug-likeness (QED) is 0.150. The van der Waals surface area contributed by atoms with Gasteiger partial charge in [-0.1, -0.05) is 68.4 Å². The van der Waals surface area contributed by atoms with E-state index in [9.17, 15) is 29.1 Å². The number of benzene rings is 2. The van der Waals surface area contributed by atoms with E-state index in [1.54, 1.807) is 58.9 Å². The van der Waals surface area contributed by atoms with Crippen molar-refractivity contribution in [3.05, 3.63) is 77.4 Å². The highest BCUT2D eigenvalue weighted by Crippen LogP contribution is 2.56. The van der Waals surface area contributed by atoms with Crippen molar-refractivity contribution in [2.24, 2.45) is 10.8 Å². The Morgan fingerprint density at radius 1 is 1.02 bits per heavy atom. The highest BCUT2D eigenvalue weighted by molar-refractivity contribution is 5.96. The van der Waals surface area contributed by atoms with Crippen molar-refractivity contribution in [2.75, 3.05) is 27.1 Å². The first kappa shape index (κ1) is 44.8. The molecule has 4 saturated heterocycles. The summed E-state index contributed by atoms with van der Waals surface area (Å²) in [5.41, 5.74) is -1.08. The number of likely N-dealkylation sites (N-methyl/N-ethyl adjacent to an activating group) is 1. The Morgan fingerprint density at radius 3 is 2.42 bits per heavy atom. The van der Waals surface area contributed by atoms with Gasteiger partial charge in [0.15, 0.2) is 6.04 Å². The minimum absolute atomic E-state index is 0.0143. The van der Waals surface area contributed by atoms with Gasteiger partial charge in [0.25, 0.3) is 0 Å².